The fourth-order valence-electron chi connectivity index (χ4n) is 3.71. The van der Waals surface area contributed by atoms with Crippen LogP contribution in [0, 0.1) is 0 Å². The number of rotatable bonds is 8. The fraction of sp³-hybridized carbons (Fsp3) is 0.455. The maximum atomic E-state index is 9.51. The third kappa shape index (κ3) is 5.31. The molecule has 1 fully saturated rings. The normalized spacial score (nSPS) is 18.8. The Balaban J connectivity index is 1.61. The van der Waals surface area contributed by atoms with Gasteiger partial charge >= 0.3 is 0 Å². The van der Waals surface area contributed by atoms with Crippen LogP contribution in [0.4, 0.5) is 0 Å². The van der Waals surface area contributed by atoms with Gasteiger partial charge in [-0.05, 0) is 36.6 Å². The van der Waals surface area contributed by atoms with E-state index in [0.29, 0.717) is 12.6 Å². The Hall–Kier alpha value is -1.88. The van der Waals surface area contributed by atoms with E-state index in [1.807, 2.05) is 13.0 Å². The average molecular weight is 354 g/mol. The predicted molar refractivity (Wildman–Crippen MR) is 105 cm³/mol. The molecule has 1 unspecified atom stereocenters. The third-order valence-corrected chi connectivity index (χ3v) is 5.00. The first-order valence-electron chi connectivity index (χ1n) is 9.61. The molecule has 1 aliphatic heterocycles. The molecule has 0 bridgehead atoms. The highest BCUT2D eigenvalue weighted by Gasteiger charge is 2.26. The van der Waals surface area contributed by atoms with Crippen molar-refractivity contribution in [1.82, 2.24) is 9.80 Å². The number of ether oxygens (including phenoxy) is 1. The number of nitrogens with zero attached hydrogens (tertiary/aromatic N) is 2. The van der Waals surface area contributed by atoms with Gasteiger partial charge < -0.3 is 9.84 Å². The van der Waals surface area contributed by atoms with Gasteiger partial charge in [0.2, 0.25) is 0 Å². The zero-order chi connectivity index (χ0) is 18.2. The van der Waals surface area contributed by atoms with Gasteiger partial charge in [0.05, 0.1) is 6.61 Å². The predicted octanol–water partition coefficient (Wildman–Crippen LogP) is 3.15. The minimum absolute atomic E-state index is 0.240. The summed E-state index contributed by atoms with van der Waals surface area (Å²) in [7, 11) is 0. The molecule has 140 valence electrons. The van der Waals surface area contributed by atoms with Gasteiger partial charge in [0.1, 0.15) is 5.75 Å². The molecule has 4 nitrogen and oxygen atoms in total. The lowest BCUT2D eigenvalue weighted by molar-refractivity contribution is 0.0499. The highest BCUT2D eigenvalue weighted by molar-refractivity contribution is 5.28. The molecule has 0 saturated carbocycles. The first-order valence-corrected chi connectivity index (χ1v) is 9.61. The van der Waals surface area contributed by atoms with Crippen LogP contribution < -0.4 is 4.74 Å². The lowest BCUT2D eigenvalue weighted by Crippen LogP contribution is -2.52. The van der Waals surface area contributed by atoms with Crippen molar-refractivity contribution in [2.75, 3.05) is 32.8 Å². The van der Waals surface area contributed by atoms with Crippen molar-refractivity contribution in [3.8, 4) is 5.75 Å². The summed E-state index contributed by atoms with van der Waals surface area (Å²) in [5.74, 6) is 0.944. The van der Waals surface area contributed by atoms with Gasteiger partial charge in [0.15, 0.2) is 0 Å². The number of piperazine rings is 1. The van der Waals surface area contributed by atoms with Crippen LogP contribution in [0.2, 0.25) is 0 Å². The fourth-order valence-corrected chi connectivity index (χ4v) is 3.71. The molecule has 0 amide bonds. The molecule has 1 atom stereocenters. The maximum Gasteiger partial charge on any atom is 0.119 e. The standard InChI is InChI=1S/C22H30N2O2/c1-2-26-22-10-6-9-20(15-22)16-23-12-13-24(21(18-23)11-14-25)17-19-7-4-3-5-8-19/h3-10,15,21,25H,2,11-14,16-18H2,1H3. The van der Waals surface area contributed by atoms with E-state index in [1.54, 1.807) is 0 Å². The average Bonchev–Trinajstić information content (AvgIpc) is 2.66. The minimum atomic E-state index is 0.240. The highest BCUT2D eigenvalue weighted by Crippen LogP contribution is 2.20. The smallest absolute Gasteiger partial charge is 0.119 e. The molecule has 1 heterocycles. The largest absolute Gasteiger partial charge is 0.494 e. The Morgan fingerprint density at radius 3 is 2.58 bits per heavy atom. The molecule has 0 aliphatic carbocycles. The summed E-state index contributed by atoms with van der Waals surface area (Å²) in [5, 5.41) is 9.51. The SMILES string of the molecule is CCOc1cccc(CN2CCN(Cc3ccccc3)C(CCO)C2)c1. The zero-order valence-corrected chi connectivity index (χ0v) is 15.7. The Bertz CT molecular complexity index is 662. The molecular weight excluding hydrogens is 324 g/mol. The number of hydrogen-bond acceptors (Lipinski definition) is 4. The summed E-state index contributed by atoms with van der Waals surface area (Å²) in [6.07, 6.45) is 0.822. The molecule has 3 rings (SSSR count). The van der Waals surface area contributed by atoms with Gasteiger partial charge in [-0.2, -0.15) is 0 Å². The molecule has 1 aliphatic rings. The molecule has 1 saturated heterocycles. The van der Waals surface area contributed by atoms with Crippen molar-refractivity contribution < 1.29 is 9.84 Å². The summed E-state index contributed by atoms with van der Waals surface area (Å²) in [4.78, 5) is 5.01. The van der Waals surface area contributed by atoms with Crippen molar-refractivity contribution in [3.63, 3.8) is 0 Å². The van der Waals surface area contributed by atoms with Gasteiger partial charge in [0, 0.05) is 45.4 Å². The van der Waals surface area contributed by atoms with Crippen LogP contribution in [0.25, 0.3) is 0 Å². The van der Waals surface area contributed by atoms with E-state index >= 15 is 0 Å². The van der Waals surface area contributed by atoms with Crippen LogP contribution >= 0.6 is 0 Å². The molecule has 0 spiro atoms. The first kappa shape index (κ1) is 18.9. The lowest BCUT2D eigenvalue weighted by atomic mass is 10.1. The molecule has 2 aromatic rings. The Morgan fingerprint density at radius 2 is 1.81 bits per heavy atom. The van der Waals surface area contributed by atoms with Gasteiger partial charge in [-0.1, -0.05) is 42.5 Å². The van der Waals surface area contributed by atoms with E-state index < -0.39 is 0 Å². The van der Waals surface area contributed by atoms with E-state index in [0.717, 1.165) is 44.9 Å². The molecule has 1 N–H and O–H groups in total. The van der Waals surface area contributed by atoms with E-state index in [2.05, 4.69) is 58.3 Å². The zero-order valence-electron chi connectivity index (χ0n) is 15.7. The van der Waals surface area contributed by atoms with Crippen LogP contribution in [-0.2, 0) is 13.1 Å². The first-order chi connectivity index (χ1) is 12.8. The second kappa shape index (κ2) is 9.72. The summed E-state index contributed by atoms with van der Waals surface area (Å²) in [6, 6.07) is 19.4. The molecule has 0 radical (unpaired) electrons. The van der Waals surface area contributed by atoms with Crippen molar-refractivity contribution in [3.05, 3.63) is 65.7 Å². The molecule has 4 heteroatoms. The number of hydrogen-bond donors (Lipinski definition) is 1. The van der Waals surface area contributed by atoms with Crippen LogP contribution in [0.1, 0.15) is 24.5 Å². The highest BCUT2D eigenvalue weighted by atomic mass is 16.5. The second-order valence-corrected chi connectivity index (χ2v) is 6.94. The quantitative estimate of drug-likeness (QED) is 0.790. The molecule has 2 aromatic carbocycles. The molecular formula is C22H30N2O2. The van der Waals surface area contributed by atoms with E-state index in [-0.39, 0.29) is 6.61 Å². The molecule has 26 heavy (non-hydrogen) atoms. The van der Waals surface area contributed by atoms with E-state index in [4.69, 9.17) is 4.74 Å². The number of aliphatic hydroxyl groups is 1. The number of aliphatic hydroxyl groups excluding tert-OH is 1. The maximum absolute atomic E-state index is 9.51. The number of benzene rings is 2. The van der Waals surface area contributed by atoms with E-state index in [9.17, 15) is 5.11 Å². The minimum Gasteiger partial charge on any atom is -0.494 e. The van der Waals surface area contributed by atoms with Crippen molar-refractivity contribution in [2.24, 2.45) is 0 Å². The van der Waals surface area contributed by atoms with Gasteiger partial charge in [-0.3, -0.25) is 9.80 Å². The summed E-state index contributed by atoms with van der Waals surface area (Å²) in [6.45, 7) is 7.91. The van der Waals surface area contributed by atoms with Crippen LogP contribution in [0.3, 0.4) is 0 Å². The van der Waals surface area contributed by atoms with Crippen molar-refractivity contribution >= 4 is 0 Å². The topological polar surface area (TPSA) is 35.9 Å². The van der Waals surface area contributed by atoms with Crippen LogP contribution in [-0.4, -0.2) is 53.8 Å². The van der Waals surface area contributed by atoms with Gasteiger partial charge in [0.25, 0.3) is 0 Å². The summed E-state index contributed by atoms with van der Waals surface area (Å²) >= 11 is 0. The van der Waals surface area contributed by atoms with Gasteiger partial charge in [-0.15, -0.1) is 0 Å². The lowest BCUT2D eigenvalue weighted by Gasteiger charge is -2.41. The van der Waals surface area contributed by atoms with Crippen molar-refractivity contribution in [1.29, 1.82) is 0 Å². The monoisotopic (exact) mass is 354 g/mol. The van der Waals surface area contributed by atoms with Gasteiger partial charge in [-0.25, -0.2) is 0 Å². The van der Waals surface area contributed by atoms with E-state index in [1.165, 1.54) is 11.1 Å². The second-order valence-electron chi connectivity index (χ2n) is 6.94. The van der Waals surface area contributed by atoms with Crippen molar-refractivity contribution in [2.45, 2.75) is 32.5 Å². The summed E-state index contributed by atoms with van der Waals surface area (Å²) in [5.41, 5.74) is 2.63. The Kier molecular flexibility index (Phi) is 7.06. The third-order valence-electron chi connectivity index (χ3n) is 5.00. The Morgan fingerprint density at radius 1 is 1.00 bits per heavy atom. The Labute approximate surface area is 157 Å². The van der Waals surface area contributed by atoms with Crippen LogP contribution in [0.5, 0.6) is 5.75 Å². The van der Waals surface area contributed by atoms with Crippen LogP contribution in [0.15, 0.2) is 54.6 Å². The molecule has 0 aromatic heterocycles. The summed E-state index contributed by atoms with van der Waals surface area (Å²) < 4.78 is 5.62.